The first-order valence-corrected chi connectivity index (χ1v) is 2.50. The van der Waals surface area contributed by atoms with Crippen LogP contribution in [-0.4, -0.2) is 6.10 Å². The van der Waals surface area contributed by atoms with Gasteiger partial charge >= 0.3 is 0 Å². The summed E-state index contributed by atoms with van der Waals surface area (Å²) in [6.07, 6.45) is 1.38. The molecule has 0 aliphatic heterocycles. The fourth-order valence-electron chi connectivity index (χ4n) is 0.382. The van der Waals surface area contributed by atoms with Crippen molar-refractivity contribution in [1.29, 1.82) is 0 Å². The second-order valence-electron chi connectivity index (χ2n) is 1.34. The summed E-state index contributed by atoms with van der Waals surface area (Å²) >= 11 is 0. The van der Waals surface area contributed by atoms with Gasteiger partial charge < -0.3 is 4.74 Å². The number of hydrogen-bond donors (Lipinski definition) is 0. The quantitative estimate of drug-likeness (QED) is 0.387. The van der Waals surface area contributed by atoms with Gasteiger partial charge in [0.1, 0.15) is 0 Å². The zero-order chi connectivity index (χ0) is 6.41. The van der Waals surface area contributed by atoms with Crippen molar-refractivity contribution in [3.05, 3.63) is 12.8 Å². The summed E-state index contributed by atoms with van der Waals surface area (Å²) in [5.74, 6) is 5.53. The van der Waals surface area contributed by atoms with Crippen molar-refractivity contribution in [3.63, 3.8) is 0 Å². The monoisotopic (exact) mass is 110 g/mol. The number of hydrogen-bond acceptors (Lipinski definition) is 1. The summed E-state index contributed by atoms with van der Waals surface area (Å²) < 4.78 is 4.87. The van der Waals surface area contributed by atoms with Crippen LogP contribution in [0.25, 0.3) is 0 Å². The Hall–Kier alpha value is -0.900. The predicted molar refractivity (Wildman–Crippen MR) is 34.2 cm³/mol. The lowest BCUT2D eigenvalue weighted by molar-refractivity contribution is 0.213. The second kappa shape index (κ2) is 4.26. The van der Waals surface area contributed by atoms with E-state index in [0.717, 1.165) is 0 Å². The van der Waals surface area contributed by atoms with Crippen molar-refractivity contribution < 1.29 is 4.74 Å². The first-order valence-electron chi connectivity index (χ1n) is 2.50. The van der Waals surface area contributed by atoms with E-state index in [4.69, 9.17) is 4.74 Å². The molecule has 0 N–H and O–H groups in total. The van der Waals surface area contributed by atoms with E-state index in [-0.39, 0.29) is 6.10 Å². The fourth-order valence-corrected chi connectivity index (χ4v) is 0.382. The van der Waals surface area contributed by atoms with E-state index in [2.05, 4.69) is 18.4 Å². The highest BCUT2D eigenvalue weighted by molar-refractivity contribution is 5.01. The Morgan fingerprint density at radius 1 is 1.75 bits per heavy atom. The molecule has 0 saturated carbocycles. The molecule has 44 valence electrons. The molecule has 8 heavy (non-hydrogen) atoms. The van der Waals surface area contributed by atoms with E-state index < -0.39 is 0 Å². The normalized spacial score (nSPS) is 10.8. The highest BCUT2D eigenvalue weighted by Gasteiger charge is 1.87. The maximum Gasteiger partial charge on any atom is 0.155 e. The standard InChI is InChI=1S/C7H10O/c1-4-6-7(3)8-5-2/h5,7H,2H2,1,3H3. The van der Waals surface area contributed by atoms with Crippen LogP contribution in [0.2, 0.25) is 0 Å². The van der Waals surface area contributed by atoms with Crippen molar-refractivity contribution in [2.24, 2.45) is 0 Å². The lowest BCUT2D eigenvalue weighted by Gasteiger charge is -1.99. The third-order valence-electron chi connectivity index (χ3n) is 0.648. The van der Waals surface area contributed by atoms with Crippen molar-refractivity contribution in [1.82, 2.24) is 0 Å². The molecule has 0 aliphatic rings. The van der Waals surface area contributed by atoms with Gasteiger partial charge in [0.25, 0.3) is 0 Å². The average Bonchev–Trinajstić information content (AvgIpc) is 1.68. The van der Waals surface area contributed by atoms with Crippen LogP contribution < -0.4 is 0 Å². The Labute approximate surface area is 50.4 Å². The average molecular weight is 110 g/mol. The van der Waals surface area contributed by atoms with E-state index in [1.165, 1.54) is 6.26 Å². The molecule has 1 atom stereocenters. The Kier molecular flexibility index (Phi) is 3.78. The molecule has 0 aliphatic carbocycles. The summed E-state index contributed by atoms with van der Waals surface area (Å²) in [6.45, 7) is 7.05. The minimum absolute atomic E-state index is 0.0162. The van der Waals surface area contributed by atoms with E-state index >= 15 is 0 Å². The molecular formula is C7H10O. The van der Waals surface area contributed by atoms with Crippen molar-refractivity contribution >= 4 is 0 Å². The number of ether oxygens (including phenoxy) is 1. The third kappa shape index (κ3) is 3.30. The Balaban J connectivity index is 3.41. The van der Waals surface area contributed by atoms with E-state index in [1.54, 1.807) is 6.92 Å². The van der Waals surface area contributed by atoms with Crippen molar-refractivity contribution in [2.45, 2.75) is 20.0 Å². The van der Waals surface area contributed by atoms with Gasteiger partial charge in [-0.25, -0.2) is 0 Å². The molecule has 0 amide bonds. The molecule has 0 bridgehead atoms. The maximum absolute atomic E-state index is 4.87. The van der Waals surface area contributed by atoms with Gasteiger partial charge in [-0.05, 0) is 13.8 Å². The van der Waals surface area contributed by atoms with Crippen LogP contribution in [-0.2, 0) is 4.74 Å². The maximum atomic E-state index is 4.87. The van der Waals surface area contributed by atoms with Gasteiger partial charge in [0.05, 0.1) is 6.26 Å². The second-order valence-corrected chi connectivity index (χ2v) is 1.34. The summed E-state index contributed by atoms with van der Waals surface area (Å²) in [4.78, 5) is 0. The van der Waals surface area contributed by atoms with Gasteiger partial charge in [0.2, 0.25) is 0 Å². The lowest BCUT2D eigenvalue weighted by atomic mass is 10.4. The van der Waals surface area contributed by atoms with Gasteiger partial charge in [-0.2, -0.15) is 0 Å². The summed E-state index contributed by atoms with van der Waals surface area (Å²) in [5, 5.41) is 0. The summed E-state index contributed by atoms with van der Waals surface area (Å²) in [5.41, 5.74) is 0. The van der Waals surface area contributed by atoms with Gasteiger partial charge in [0, 0.05) is 0 Å². The van der Waals surface area contributed by atoms with Gasteiger partial charge in [-0.1, -0.05) is 12.5 Å². The topological polar surface area (TPSA) is 9.23 Å². The SMILES string of the molecule is C=COC(C)C#CC. The van der Waals surface area contributed by atoms with Crippen LogP contribution in [0.3, 0.4) is 0 Å². The molecular weight excluding hydrogens is 100 g/mol. The molecule has 0 radical (unpaired) electrons. The lowest BCUT2D eigenvalue weighted by Crippen LogP contribution is -1.97. The minimum Gasteiger partial charge on any atom is -0.486 e. The van der Waals surface area contributed by atoms with Gasteiger partial charge in [0.15, 0.2) is 6.10 Å². The van der Waals surface area contributed by atoms with Crippen molar-refractivity contribution in [3.8, 4) is 11.8 Å². The predicted octanol–water partition coefficient (Wildman–Crippen LogP) is 1.56. The molecule has 1 unspecified atom stereocenters. The summed E-state index contributed by atoms with van der Waals surface area (Å²) in [7, 11) is 0. The van der Waals surface area contributed by atoms with Crippen LogP contribution in [0.1, 0.15) is 13.8 Å². The highest BCUT2D eigenvalue weighted by Crippen LogP contribution is 1.85. The Morgan fingerprint density at radius 3 is 2.75 bits per heavy atom. The molecule has 1 heteroatoms. The molecule has 0 aromatic rings. The van der Waals surface area contributed by atoms with Crippen LogP contribution >= 0.6 is 0 Å². The van der Waals surface area contributed by atoms with E-state index in [0.29, 0.717) is 0 Å². The highest BCUT2D eigenvalue weighted by atomic mass is 16.5. The zero-order valence-corrected chi connectivity index (χ0v) is 5.27. The first-order chi connectivity index (χ1) is 3.81. The van der Waals surface area contributed by atoms with Crippen LogP contribution in [0.5, 0.6) is 0 Å². The smallest absolute Gasteiger partial charge is 0.155 e. The number of rotatable bonds is 2. The Bertz CT molecular complexity index is 116. The van der Waals surface area contributed by atoms with Crippen LogP contribution in [0.15, 0.2) is 12.8 Å². The van der Waals surface area contributed by atoms with Crippen LogP contribution in [0, 0.1) is 11.8 Å². The molecule has 0 heterocycles. The Morgan fingerprint density at radius 2 is 2.38 bits per heavy atom. The van der Waals surface area contributed by atoms with Crippen LogP contribution in [0.4, 0.5) is 0 Å². The third-order valence-corrected chi connectivity index (χ3v) is 0.648. The van der Waals surface area contributed by atoms with Gasteiger partial charge in [-0.15, -0.1) is 5.92 Å². The van der Waals surface area contributed by atoms with Gasteiger partial charge in [-0.3, -0.25) is 0 Å². The molecule has 1 nitrogen and oxygen atoms in total. The summed E-state index contributed by atoms with van der Waals surface area (Å²) in [6, 6.07) is 0. The minimum atomic E-state index is -0.0162. The molecule has 0 aromatic carbocycles. The van der Waals surface area contributed by atoms with Crippen molar-refractivity contribution in [2.75, 3.05) is 0 Å². The fraction of sp³-hybridized carbons (Fsp3) is 0.429. The molecule has 0 rings (SSSR count). The first kappa shape index (κ1) is 7.10. The van der Waals surface area contributed by atoms with E-state index in [1.807, 2.05) is 6.92 Å². The zero-order valence-electron chi connectivity index (χ0n) is 5.27. The molecule has 0 aromatic heterocycles. The van der Waals surface area contributed by atoms with E-state index in [9.17, 15) is 0 Å². The molecule has 0 spiro atoms. The molecule has 0 fully saturated rings. The largest absolute Gasteiger partial charge is 0.486 e. The molecule has 0 saturated heterocycles.